The molecule has 0 aliphatic carbocycles. The van der Waals surface area contributed by atoms with Crippen LogP contribution < -0.4 is 4.84 Å². The Bertz CT molecular complexity index is 612. The molecule has 1 unspecified atom stereocenters. The number of hydrogen-bond donors (Lipinski definition) is 4. The number of ether oxygens (including phenoxy) is 1. The van der Waals surface area contributed by atoms with Crippen LogP contribution in [0, 0.1) is 0 Å². The van der Waals surface area contributed by atoms with Crippen LogP contribution in [0.5, 0.6) is 0 Å². The maximum Gasteiger partial charge on any atom is 0.254 e. The fourth-order valence-corrected chi connectivity index (χ4v) is 2.42. The van der Waals surface area contributed by atoms with E-state index in [9.17, 15) is 15.3 Å². The summed E-state index contributed by atoms with van der Waals surface area (Å²) in [5.74, 6) is 0. The highest BCUT2D eigenvalue weighted by molar-refractivity contribution is 5.79. The van der Waals surface area contributed by atoms with Crippen molar-refractivity contribution >= 4 is 10.9 Å². The van der Waals surface area contributed by atoms with Crippen molar-refractivity contribution in [3.63, 3.8) is 0 Å². The molecule has 3 rings (SSSR count). The molecule has 21 heavy (non-hydrogen) atoms. The summed E-state index contributed by atoms with van der Waals surface area (Å²) in [6.45, 7) is -0.489. The summed E-state index contributed by atoms with van der Waals surface area (Å²) in [6, 6.07) is 9.30. The third kappa shape index (κ3) is 2.50. The summed E-state index contributed by atoms with van der Waals surface area (Å²) in [5, 5.41) is 39.5. The largest absolute Gasteiger partial charge is 0.394 e. The zero-order valence-corrected chi connectivity index (χ0v) is 11.1. The number of rotatable bonds is 3. The van der Waals surface area contributed by atoms with Crippen LogP contribution in [0.4, 0.5) is 0 Å². The Morgan fingerprint density at radius 1 is 1.05 bits per heavy atom. The van der Waals surface area contributed by atoms with E-state index in [2.05, 4.69) is 0 Å². The molecule has 0 bridgehead atoms. The number of para-hydroxylation sites is 1. The van der Waals surface area contributed by atoms with Gasteiger partial charge in [-0.3, -0.25) is 0 Å². The second-order valence-corrected chi connectivity index (χ2v) is 5.00. The molecule has 5 atom stereocenters. The topological polar surface area (TPSA) is 104 Å². The van der Waals surface area contributed by atoms with E-state index in [4.69, 9.17) is 14.7 Å². The molecule has 0 amide bonds. The Hall–Kier alpha value is -1.64. The molecule has 1 aliphatic heterocycles. The molecule has 2 heterocycles. The smallest absolute Gasteiger partial charge is 0.254 e. The van der Waals surface area contributed by atoms with Gasteiger partial charge in [0.1, 0.15) is 24.4 Å². The molecule has 0 radical (unpaired) electrons. The molecule has 0 saturated carbocycles. The van der Waals surface area contributed by atoms with Gasteiger partial charge in [0.25, 0.3) is 6.29 Å². The molecule has 0 spiro atoms. The van der Waals surface area contributed by atoms with Crippen molar-refractivity contribution in [2.45, 2.75) is 30.7 Å². The van der Waals surface area contributed by atoms with Crippen molar-refractivity contribution in [2.24, 2.45) is 0 Å². The summed E-state index contributed by atoms with van der Waals surface area (Å²) in [6.07, 6.45) is -4.81. The standard InChI is InChI=1S/C14H17NO6/c16-7-10-11(17)12(18)13(19)14(20-10)21-15-6-5-8-3-1-2-4-9(8)15/h1-6,10-14,16-19H,7H2/t10-,11-,12+,13-,14?/m1/s1. The Kier molecular flexibility index (Phi) is 3.83. The first-order chi connectivity index (χ1) is 10.1. The van der Waals surface area contributed by atoms with Crippen molar-refractivity contribution in [1.82, 2.24) is 4.73 Å². The number of aliphatic hydroxyl groups is 4. The quantitative estimate of drug-likeness (QED) is 0.571. The van der Waals surface area contributed by atoms with E-state index in [1.54, 1.807) is 6.20 Å². The number of fused-ring (bicyclic) bond motifs is 1. The van der Waals surface area contributed by atoms with Crippen molar-refractivity contribution in [3.05, 3.63) is 36.5 Å². The Morgan fingerprint density at radius 2 is 1.81 bits per heavy atom. The second-order valence-electron chi connectivity index (χ2n) is 5.00. The van der Waals surface area contributed by atoms with Crippen LogP contribution in [0.3, 0.4) is 0 Å². The van der Waals surface area contributed by atoms with Gasteiger partial charge >= 0.3 is 0 Å². The summed E-state index contributed by atoms with van der Waals surface area (Å²) in [4.78, 5) is 5.53. The van der Waals surface area contributed by atoms with Gasteiger partial charge in [-0.2, -0.15) is 4.73 Å². The highest BCUT2D eigenvalue weighted by Gasteiger charge is 2.45. The molecular weight excluding hydrogens is 278 g/mol. The van der Waals surface area contributed by atoms with Crippen LogP contribution in [0.15, 0.2) is 36.5 Å². The lowest BCUT2D eigenvalue weighted by molar-refractivity contribution is -0.299. The van der Waals surface area contributed by atoms with Gasteiger partial charge in [-0.25, -0.2) is 0 Å². The zero-order valence-electron chi connectivity index (χ0n) is 11.1. The summed E-state index contributed by atoms with van der Waals surface area (Å²) >= 11 is 0. The first kappa shape index (κ1) is 14.3. The van der Waals surface area contributed by atoms with Crippen LogP contribution in [0.2, 0.25) is 0 Å². The van der Waals surface area contributed by atoms with Crippen LogP contribution >= 0.6 is 0 Å². The number of benzene rings is 1. The Labute approximate surface area is 120 Å². The highest BCUT2D eigenvalue weighted by atomic mass is 16.8. The number of aromatic nitrogens is 1. The van der Waals surface area contributed by atoms with Gasteiger partial charge in [-0.05, 0) is 12.1 Å². The van der Waals surface area contributed by atoms with Gasteiger partial charge in [-0.1, -0.05) is 18.2 Å². The molecule has 1 fully saturated rings. The third-order valence-electron chi connectivity index (χ3n) is 3.63. The van der Waals surface area contributed by atoms with E-state index in [-0.39, 0.29) is 0 Å². The highest BCUT2D eigenvalue weighted by Crippen LogP contribution is 2.22. The lowest BCUT2D eigenvalue weighted by atomic mass is 9.99. The van der Waals surface area contributed by atoms with Crippen molar-refractivity contribution in [2.75, 3.05) is 6.61 Å². The summed E-state index contributed by atoms with van der Waals surface area (Å²) in [5.41, 5.74) is 0.773. The molecule has 2 aromatic rings. The predicted octanol–water partition coefficient (Wildman–Crippen LogP) is -1.13. The van der Waals surface area contributed by atoms with E-state index in [1.165, 1.54) is 4.73 Å². The normalized spacial score (nSPS) is 33.2. The monoisotopic (exact) mass is 295 g/mol. The van der Waals surface area contributed by atoms with E-state index >= 15 is 0 Å². The fraction of sp³-hybridized carbons (Fsp3) is 0.429. The van der Waals surface area contributed by atoms with Crippen LogP contribution in [-0.2, 0) is 4.74 Å². The molecule has 7 heteroatoms. The first-order valence-electron chi connectivity index (χ1n) is 6.65. The minimum Gasteiger partial charge on any atom is -0.394 e. The first-order valence-corrected chi connectivity index (χ1v) is 6.65. The van der Waals surface area contributed by atoms with Crippen LogP contribution in [0.1, 0.15) is 0 Å². The third-order valence-corrected chi connectivity index (χ3v) is 3.63. The summed E-state index contributed by atoms with van der Waals surface area (Å²) in [7, 11) is 0. The van der Waals surface area contributed by atoms with E-state index < -0.39 is 37.3 Å². The molecule has 1 aromatic carbocycles. The van der Waals surface area contributed by atoms with E-state index in [0.29, 0.717) is 0 Å². The predicted molar refractivity (Wildman–Crippen MR) is 72.3 cm³/mol. The lowest BCUT2D eigenvalue weighted by Gasteiger charge is -2.39. The summed E-state index contributed by atoms with van der Waals surface area (Å²) < 4.78 is 6.72. The average Bonchev–Trinajstić information content (AvgIpc) is 2.91. The van der Waals surface area contributed by atoms with E-state index in [0.717, 1.165) is 10.9 Å². The molecular formula is C14H17NO6. The molecule has 1 saturated heterocycles. The minimum atomic E-state index is -1.46. The van der Waals surface area contributed by atoms with Gasteiger partial charge in [-0.15, -0.1) is 0 Å². The minimum absolute atomic E-state index is 0.489. The Morgan fingerprint density at radius 3 is 2.57 bits per heavy atom. The zero-order chi connectivity index (χ0) is 15.0. The Balaban J connectivity index is 1.83. The average molecular weight is 295 g/mol. The maximum atomic E-state index is 9.94. The van der Waals surface area contributed by atoms with Crippen LogP contribution in [0.25, 0.3) is 10.9 Å². The number of aliphatic hydroxyl groups excluding tert-OH is 4. The van der Waals surface area contributed by atoms with Gasteiger partial charge in [0.2, 0.25) is 0 Å². The van der Waals surface area contributed by atoms with Crippen molar-refractivity contribution in [3.8, 4) is 0 Å². The van der Waals surface area contributed by atoms with E-state index in [1.807, 2.05) is 30.3 Å². The molecule has 7 nitrogen and oxygen atoms in total. The van der Waals surface area contributed by atoms with Gasteiger partial charge < -0.3 is 30.0 Å². The molecule has 114 valence electrons. The number of hydrogen-bond acceptors (Lipinski definition) is 6. The molecule has 1 aliphatic rings. The van der Waals surface area contributed by atoms with Crippen molar-refractivity contribution < 1.29 is 30.0 Å². The van der Waals surface area contributed by atoms with Gasteiger partial charge in [0, 0.05) is 11.6 Å². The van der Waals surface area contributed by atoms with Crippen LogP contribution in [-0.4, -0.2) is 62.5 Å². The van der Waals surface area contributed by atoms with Gasteiger partial charge in [0.05, 0.1) is 12.1 Å². The lowest BCUT2D eigenvalue weighted by Crippen LogP contribution is -2.61. The molecule has 4 N–H and O–H groups in total. The van der Waals surface area contributed by atoms with Crippen molar-refractivity contribution in [1.29, 1.82) is 0 Å². The van der Waals surface area contributed by atoms with Gasteiger partial charge in [0.15, 0.2) is 0 Å². The second kappa shape index (κ2) is 5.63. The molecule has 1 aromatic heterocycles. The maximum absolute atomic E-state index is 9.94. The fourth-order valence-electron chi connectivity index (χ4n) is 2.42. The number of nitrogens with zero attached hydrogens (tertiary/aromatic N) is 1. The SMILES string of the molecule is OC[C@H]1OC(On2ccc3ccccc32)[C@H](O)[C@@H](O)[C@@H]1O.